The van der Waals surface area contributed by atoms with Gasteiger partial charge in [-0.05, 0) is 61.2 Å². The Morgan fingerprint density at radius 3 is 2.33 bits per heavy atom. The van der Waals surface area contributed by atoms with Crippen molar-refractivity contribution in [2.75, 3.05) is 52.9 Å². The molecule has 0 aromatic heterocycles. The maximum Gasteiger partial charge on any atom is 0.245 e. The predicted molar refractivity (Wildman–Crippen MR) is 165 cm³/mol. The third kappa shape index (κ3) is 9.22. The van der Waals surface area contributed by atoms with E-state index in [0.717, 1.165) is 51.1 Å². The van der Waals surface area contributed by atoms with Crippen molar-refractivity contribution in [1.82, 2.24) is 25.1 Å². The van der Waals surface area contributed by atoms with Crippen molar-refractivity contribution in [3.05, 3.63) is 70.5 Å². The highest BCUT2D eigenvalue weighted by atomic mass is 35.5. The van der Waals surface area contributed by atoms with E-state index in [1.54, 1.807) is 24.3 Å². The van der Waals surface area contributed by atoms with Crippen LogP contribution >= 0.6 is 11.6 Å². The first-order chi connectivity index (χ1) is 20.1. The van der Waals surface area contributed by atoms with Crippen LogP contribution in [0.3, 0.4) is 0 Å². The van der Waals surface area contributed by atoms with Gasteiger partial charge in [0.15, 0.2) is 0 Å². The van der Waals surface area contributed by atoms with E-state index in [4.69, 9.17) is 17.3 Å². The minimum atomic E-state index is -0.737. The van der Waals surface area contributed by atoms with Crippen LogP contribution in [0.4, 0.5) is 4.39 Å². The number of likely N-dealkylation sites (tertiary alicyclic amines) is 1. The third-order valence-corrected chi connectivity index (χ3v) is 8.51. The first-order valence-electron chi connectivity index (χ1n) is 15.1. The summed E-state index contributed by atoms with van der Waals surface area (Å²) in [6.45, 7) is 11.0. The van der Waals surface area contributed by atoms with Gasteiger partial charge < -0.3 is 20.9 Å². The van der Waals surface area contributed by atoms with Crippen molar-refractivity contribution < 1.29 is 14.0 Å². The molecule has 2 saturated heterocycles. The first-order valence-corrected chi connectivity index (χ1v) is 15.5. The Balaban J connectivity index is 1.41. The molecule has 4 rings (SSSR count). The smallest absolute Gasteiger partial charge is 0.245 e. The molecule has 2 unspecified atom stereocenters. The van der Waals surface area contributed by atoms with Gasteiger partial charge in [0.25, 0.3) is 0 Å². The molecule has 42 heavy (non-hydrogen) atoms. The van der Waals surface area contributed by atoms with Crippen LogP contribution in [0.5, 0.6) is 0 Å². The van der Waals surface area contributed by atoms with Gasteiger partial charge in [-0.2, -0.15) is 0 Å². The monoisotopic (exact) mass is 600 g/mol. The lowest BCUT2D eigenvalue weighted by atomic mass is 9.99. The topological polar surface area (TPSA) is 85.1 Å². The van der Waals surface area contributed by atoms with Crippen LogP contribution in [-0.2, 0) is 16.0 Å². The van der Waals surface area contributed by atoms with Gasteiger partial charge in [-0.25, -0.2) is 14.4 Å². The lowest BCUT2D eigenvalue weighted by molar-refractivity contribution is -0.140. The number of amides is 2. The minimum Gasteiger partial charge on any atom is -0.344 e. The molecule has 2 heterocycles. The number of carbonyl (C=O) groups is 2. The summed E-state index contributed by atoms with van der Waals surface area (Å²) >= 11 is 6.08. The second-order valence-corrected chi connectivity index (χ2v) is 12.6. The molecule has 2 aliphatic heterocycles. The summed E-state index contributed by atoms with van der Waals surface area (Å²) in [7, 11) is 2.17. The maximum absolute atomic E-state index is 13.9. The Morgan fingerprint density at radius 2 is 1.71 bits per heavy atom. The van der Waals surface area contributed by atoms with Crippen molar-refractivity contribution in [3.8, 4) is 0 Å². The van der Waals surface area contributed by atoms with E-state index in [9.17, 15) is 14.0 Å². The highest BCUT2D eigenvalue weighted by Gasteiger charge is 2.34. The maximum atomic E-state index is 13.9. The standard InChI is InChI=1S/C32H46ClFN6O2/c1-23(2)22-40(39-17-15-37(3)16-18-39)28-11-13-38(14-12-28)32(42)30(19-24-7-9-26(33)10-8-24)36-31(41)21-29(35)25-5-4-6-27(34)20-25/h4-10,20,23,28-30H,11-19,21-22,35H2,1-3H3,(H,36,41). The van der Waals surface area contributed by atoms with Gasteiger partial charge in [0.1, 0.15) is 11.9 Å². The number of carbonyl (C=O) groups excluding carboxylic acids is 2. The van der Waals surface area contributed by atoms with E-state index >= 15 is 0 Å². The Bertz CT molecular complexity index is 1170. The third-order valence-electron chi connectivity index (χ3n) is 8.26. The van der Waals surface area contributed by atoms with Crippen LogP contribution < -0.4 is 11.1 Å². The molecule has 0 spiro atoms. The van der Waals surface area contributed by atoms with Crippen molar-refractivity contribution in [1.29, 1.82) is 0 Å². The molecular weight excluding hydrogens is 555 g/mol. The molecule has 230 valence electrons. The first kappa shape index (κ1) is 32.4. The fourth-order valence-electron chi connectivity index (χ4n) is 5.89. The summed E-state index contributed by atoms with van der Waals surface area (Å²) in [5.74, 6) is -0.289. The van der Waals surface area contributed by atoms with E-state index < -0.39 is 17.9 Å². The van der Waals surface area contributed by atoms with Crippen molar-refractivity contribution in [3.63, 3.8) is 0 Å². The van der Waals surface area contributed by atoms with E-state index in [0.29, 0.717) is 42.1 Å². The fraction of sp³-hybridized carbons (Fsp3) is 0.562. The molecule has 0 bridgehead atoms. The van der Waals surface area contributed by atoms with Gasteiger partial charge in [-0.15, -0.1) is 0 Å². The number of piperidine rings is 1. The number of hydrazine groups is 1. The normalized spacial score (nSPS) is 18.8. The molecular formula is C32H46ClFN6O2. The Morgan fingerprint density at radius 1 is 1.05 bits per heavy atom. The number of benzene rings is 2. The van der Waals surface area contributed by atoms with Crippen LogP contribution in [0.15, 0.2) is 48.5 Å². The second kappa shape index (κ2) is 15.3. The van der Waals surface area contributed by atoms with Crippen molar-refractivity contribution in [2.24, 2.45) is 11.7 Å². The van der Waals surface area contributed by atoms with Crippen molar-refractivity contribution >= 4 is 23.4 Å². The molecule has 2 aromatic carbocycles. The largest absolute Gasteiger partial charge is 0.344 e. The van der Waals surface area contributed by atoms with E-state index in [-0.39, 0.29) is 18.2 Å². The predicted octanol–water partition coefficient (Wildman–Crippen LogP) is 3.71. The quantitative estimate of drug-likeness (QED) is 0.409. The Kier molecular flexibility index (Phi) is 11.7. The van der Waals surface area contributed by atoms with Gasteiger partial charge in [0, 0.05) is 75.8 Å². The van der Waals surface area contributed by atoms with Gasteiger partial charge in [0.05, 0.1) is 0 Å². The molecule has 2 atom stereocenters. The van der Waals surface area contributed by atoms with Crippen LogP contribution in [0.1, 0.15) is 50.3 Å². The molecule has 2 aliphatic rings. The zero-order valence-corrected chi connectivity index (χ0v) is 25.9. The molecule has 2 fully saturated rings. The summed E-state index contributed by atoms with van der Waals surface area (Å²) in [4.78, 5) is 31.2. The van der Waals surface area contributed by atoms with Crippen LogP contribution in [0.2, 0.25) is 5.02 Å². The van der Waals surface area contributed by atoms with E-state index in [1.807, 2.05) is 17.0 Å². The van der Waals surface area contributed by atoms with Gasteiger partial charge in [0.2, 0.25) is 11.8 Å². The molecule has 8 nitrogen and oxygen atoms in total. The van der Waals surface area contributed by atoms with E-state index in [2.05, 4.69) is 41.1 Å². The number of nitrogens with one attached hydrogen (secondary N) is 1. The molecule has 2 amide bonds. The summed E-state index contributed by atoms with van der Waals surface area (Å²) in [5.41, 5.74) is 7.67. The number of hydrogen-bond acceptors (Lipinski definition) is 6. The highest BCUT2D eigenvalue weighted by molar-refractivity contribution is 6.30. The van der Waals surface area contributed by atoms with Crippen LogP contribution in [-0.4, -0.2) is 96.6 Å². The molecule has 3 N–H and O–H groups in total. The summed E-state index contributed by atoms with van der Waals surface area (Å²) in [6, 6.07) is 12.2. The summed E-state index contributed by atoms with van der Waals surface area (Å²) in [6.07, 6.45) is 2.07. The average molecular weight is 601 g/mol. The van der Waals surface area contributed by atoms with Crippen LogP contribution in [0.25, 0.3) is 0 Å². The molecule has 10 heteroatoms. The van der Waals surface area contributed by atoms with Crippen LogP contribution in [0, 0.1) is 11.7 Å². The van der Waals surface area contributed by atoms with Gasteiger partial charge in [-0.3, -0.25) is 9.59 Å². The summed E-state index contributed by atoms with van der Waals surface area (Å²) in [5, 5.41) is 8.62. The zero-order valence-electron chi connectivity index (χ0n) is 25.1. The Labute approximate surface area is 254 Å². The number of nitrogens with two attached hydrogens (primary N) is 1. The SMILES string of the molecule is CC(C)CN(C1CCN(C(=O)C(Cc2ccc(Cl)cc2)NC(=O)CC(N)c2cccc(F)c2)CC1)N1CCN(C)CC1. The zero-order chi connectivity index (χ0) is 30.2. The minimum absolute atomic E-state index is 0.0505. The van der Waals surface area contributed by atoms with Crippen molar-refractivity contribution in [2.45, 2.75) is 57.7 Å². The Hall–Kier alpha value is -2.56. The lowest BCUT2D eigenvalue weighted by Gasteiger charge is -2.47. The molecule has 0 radical (unpaired) electrons. The highest BCUT2D eigenvalue weighted by Crippen LogP contribution is 2.23. The van der Waals surface area contributed by atoms with Gasteiger partial charge >= 0.3 is 0 Å². The average Bonchev–Trinajstić information content (AvgIpc) is 2.97. The van der Waals surface area contributed by atoms with E-state index in [1.165, 1.54) is 12.1 Å². The summed E-state index contributed by atoms with van der Waals surface area (Å²) < 4.78 is 13.7. The number of halogens is 2. The lowest BCUT2D eigenvalue weighted by Crippen LogP contribution is -2.60. The second-order valence-electron chi connectivity index (χ2n) is 12.1. The number of hydrogen-bond donors (Lipinski definition) is 2. The number of piperazine rings is 1. The molecule has 2 aromatic rings. The molecule has 0 aliphatic carbocycles. The number of rotatable bonds is 11. The number of nitrogens with zero attached hydrogens (tertiary/aromatic N) is 4. The van der Waals surface area contributed by atoms with Gasteiger partial charge in [-0.1, -0.05) is 49.7 Å². The number of likely N-dealkylation sites (N-methyl/N-ethyl adjacent to an activating group) is 1. The fourth-order valence-corrected chi connectivity index (χ4v) is 6.02. The molecule has 0 saturated carbocycles.